The van der Waals surface area contributed by atoms with Gasteiger partial charge in [0.25, 0.3) is 5.56 Å². The molecule has 0 bridgehead atoms. The highest BCUT2D eigenvalue weighted by atomic mass is 32.2. The first-order chi connectivity index (χ1) is 14.6. The molecule has 0 spiro atoms. The number of hydrogen-bond acceptors (Lipinski definition) is 10. The Morgan fingerprint density at radius 2 is 2.03 bits per heavy atom. The van der Waals surface area contributed by atoms with Crippen LogP contribution in [0.15, 0.2) is 45.7 Å². The molecule has 9 nitrogen and oxygen atoms in total. The van der Waals surface area contributed by atoms with Gasteiger partial charge in [-0.05, 0) is 30.5 Å². The van der Waals surface area contributed by atoms with Crippen molar-refractivity contribution < 1.29 is 4.74 Å². The number of thioether (sulfide) groups is 1. The number of nitrogens with one attached hydrogen (secondary N) is 1. The van der Waals surface area contributed by atoms with E-state index in [1.165, 1.54) is 23.1 Å². The van der Waals surface area contributed by atoms with Gasteiger partial charge >= 0.3 is 0 Å². The molecule has 3 aromatic heterocycles. The lowest BCUT2D eigenvalue weighted by atomic mass is 10.3. The minimum Gasteiger partial charge on any atom is -0.495 e. The maximum atomic E-state index is 12.7. The number of nitrogens with two attached hydrogens (primary N) is 1. The van der Waals surface area contributed by atoms with E-state index < -0.39 is 0 Å². The highest BCUT2D eigenvalue weighted by Crippen LogP contribution is 2.27. The van der Waals surface area contributed by atoms with Crippen LogP contribution in [0.4, 0.5) is 17.6 Å². The zero-order valence-electron chi connectivity index (χ0n) is 16.3. The number of thiophene rings is 1. The lowest BCUT2D eigenvalue weighted by molar-refractivity contribution is 0.417. The number of rotatable bonds is 7. The van der Waals surface area contributed by atoms with Crippen molar-refractivity contribution in [2.45, 2.75) is 24.4 Å². The van der Waals surface area contributed by atoms with Gasteiger partial charge in [-0.25, -0.2) is 4.98 Å². The second-order valence-corrected chi connectivity index (χ2v) is 7.98. The molecule has 1 aromatic carbocycles. The zero-order valence-corrected chi connectivity index (χ0v) is 18.0. The van der Waals surface area contributed by atoms with E-state index in [-0.39, 0.29) is 11.5 Å². The molecule has 3 heterocycles. The molecule has 0 amide bonds. The fourth-order valence-corrected chi connectivity index (χ4v) is 4.56. The summed E-state index contributed by atoms with van der Waals surface area (Å²) in [4.78, 5) is 30.1. The normalized spacial score (nSPS) is 11.0. The predicted octanol–water partition coefficient (Wildman–Crippen LogP) is 3.29. The standard InChI is InChI=1S/C19H19N7O2S2/c1-3-26-16(27)15-12(8-9-29-15)22-19(26)30-10-14-23-17(20)25-18(24-14)21-11-6-4-5-7-13(11)28-2/h4-9H,3,10H2,1-2H3,(H3,20,21,23,24,25). The summed E-state index contributed by atoms with van der Waals surface area (Å²) in [6.45, 7) is 2.45. The summed E-state index contributed by atoms with van der Waals surface area (Å²) >= 11 is 2.79. The van der Waals surface area contributed by atoms with Gasteiger partial charge in [-0.3, -0.25) is 9.36 Å². The van der Waals surface area contributed by atoms with Gasteiger partial charge in [0.05, 0.1) is 24.1 Å². The molecule has 30 heavy (non-hydrogen) atoms. The molecule has 0 saturated carbocycles. The maximum Gasteiger partial charge on any atom is 0.272 e. The Hall–Kier alpha value is -3.18. The van der Waals surface area contributed by atoms with E-state index in [1.54, 1.807) is 11.7 Å². The van der Waals surface area contributed by atoms with Crippen LogP contribution < -0.4 is 21.3 Å². The summed E-state index contributed by atoms with van der Waals surface area (Å²) in [6.07, 6.45) is 0. The topological polar surface area (TPSA) is 121 Å². The first-order valence-electron chi connectivity index (χ1n) is 9.10. The number of nitrogens with zero attached hydrogens (tertiary/aromatic N) is 5. The number of fused-ring (bicyclic) bond motifs is 1. The summed E-state index contributed by atoms with van der Waals surface area (Å²) in [7, 11) is 1.59. The minimum absolute atomic E-state index is 0.0336. The molecule has 4 aromatic rings. The third-order valence-corrected chi connectivity index (χ3v) is 6.09. The molecule has 3 N–H and O–H groups in total. The smallest absolute Gasteiger partial charge is 0.272 e. The Morgan fingerprint density at radius 1 is 1.20 bits per heavy atom. The van der Waals surface area contributed by atoms with E-state index in [1.807, 2.05) is 42.6 Å². The fourth-order valence-electron chi connectivity index (χ4n) is 2.87. The van der Waals surface area contributed by atoms with Crippen molar-refractivity contribution in [1.29, 1.82) is 0 Å². The zero-order chi connectivity index (χ0) is 21.1. The van der Waals surface area contributed by atoms with Gasteiger partial charge in [0.1, 0.15) is 16.3 Å². The average Bonchev–Trinajstić information content (AvgIpc) is 3.21. The molecule has 0 aliphatic heterocycles. The van der Waals surface area contributed by atoms with E-state index in [0.29, 0.717) is 50.9 Å². The van der Waals surface area contributed by atoms with Crippen molar-refractivity contribution in [3.05, 3.63) is 51.9 Å². The molecule has 0 fully saturated rings. The van der Waals surface area contributed by atoms with Crippen LogP contribution >= 0.6 is 23.1 Å². The molecule has 0 unspecified atom stereocenters. The van der Waals surface area contributed by atoms with E-state index in [2.05, 4.69) is 25.3 Å². The van der Waals surface area contributed by atoms with E-state index in [9.17, 15) is 4.79 Å². The van der Waals surface area contributed by atoms with Crippen LogP contribution in [0.2, 0.25) is 0 Å². The predicted molar refractivity (Wildman–Crippen MR) is 120 cm³/mol. The number of nitrogen functional groups attached to an aromatic ring is 1. The third kappa shape index (κ3) is 4.07. The van der Waals surface area contributed by atoms with Crippen molar-refractivity contribution in [3.8, 4) is 5.75 Å². The van der Waals surface area contributed by atoms with Gasteiger partial charge in [-0.2, -0.15) is 15.0 Å². The lowest BCUT2D eigenvalue weighted by Crippen LogP contribution is -2.21. The van der Waals surface area contributed by atoms with Crippen LogP contribution in [0.25, 0.3) is 10.2 Å². The quantitative estimate of drug-likeness (QED) is 0.329. The summed E-state index contributed by atoms with van der Waals surface area (Å²) < 4.78 is 7.66. The Morgan fingerprint density at radius 3 is 2.83 bits per heavy atom. The van der Waals surface area contributed by atoms with E-state index in [0.717, 1.165) is 0 Å². The number of ether oxygens (including phenoxy) is 1. The van der Waals surface area contributed by atoms with Gasteiger partial charge in [-0.15, -0.1) is 11.3 Å². The van der Waals surface area contributed by atoms with Crippen LogP contribution in [-0.4, -0.2) is 31.6 Å². The largest absolute Gasteiger partial charge is 0.495 e. The molecular formula is C19H19N7O2S2. The first-order valence-corrected chi connectivity index (χ1v) is 11.0. The van der Waals surface area contributed by atoms with Gasteiger partial charge in [0.2, 0.25) is 11.9 Å². The van der Waals surface area contributed by atoms with Gasteiger partial charge in [0, 0.05) is 6.54 Å². The molecule has 0 aliphatic rings. The Labute approximate surface area is 180 Å². The highest BCUT2D eigenvalue weighted by molar-refractivity contribution is 7.98. The molecule has 0 radical (unpaired) electrons. The van der Waals surface area contributed by atoms with Crippen LogP contribution in [-0.2, 0) is 12.3 Å². The number of benzene rings is 1. The van der Waals surface area contributed by atoms with Crippen molar-refractivity contribution in [2.75, 3.05) is 18.2 Å². The highest BCUT2D eigenvalue weighted by Gasteiger charge is 2.13. The van der Waals surface area contributed by atoms with Gasteiger partial charge in [-0.1, -0.05) is 23.9 Å². The monoisotopic (exact) mass is 441 g/mol. The van der Waals surface area contributed by atoms with Crippen LogP contribution in [0.5, 0.6) is 5.75 Å². The molecule has 0 aliphatic carbocycles. The fraction of sp³-hybridized carbons (Fsp3) is 0.211. The molecule has 11 heteroatoms. The second-order valence-electron chi connectivity index (χ2n) is 6.13. The Kier molecular flexibility index (Phi) is 5.81. The van der Waals surface area contributed by atoms with Crippen molar-refractivity contribution >= 4 is 50.9 Å². The van der Waals surface area contributed by atoms with Gasteiger partial charge < -0.3 is 15.8 Å². The molecule has 0 saturated heterocycles. The Bertz CT molecular complexity index is 1260. The van der Waals surface area contributed by atoms with E-state index >= 15 is 0 Å². The maximum absolute atomic E-state index is 12.7. The average molecular weight is 442 g/mol. The van der Waals surface area contributed by atoms with Crippen LogP contribution in [0.1, 0.15) is 12.7 Å². The summed E-state index contributed by atoms with van der Waals surface area (Å²) in [5.41, 5.74) is 7.26. The number of methoxy groups -OCH3 is 1. The number of anilines is 3. The summed E-state index contributed by atoms with van der Waals surface area (Å²) in [5.74, 6) is 1.94. The number of hydrogen-bond donors (Lipinski definition) is 2. The van der Waals surface area contributed by atoms with Gasteiger partial charge in [0.15, 0.2) is 5.16 Å². The van der Waals surface area contributed by atoms with Crippen molar-refractivity contribution in [2.24, 2.45) is 0 Å². The molecule has 4 rings (SSSR count). The van der Waals surface area contributed by atoms with E-state index in [4.69, 9.17) is 10.5 Å². The molecular weight excluding hydrogens is 422 g/mol. The summed E-state index contributed by atoms with van der Waals surface area (Å²) in [5, 5.41) is 5.60. The third-order valence-electron chi connectivity index (χ3n) is 4.23. The minimum atomic E-state index is -0.0336. The molecule has 154 valence electrons. The SMILES string of the molecule is CCn1c(SCc2nc(N)nc(Nc3ccccc3OC)n2)nc2ccsc2c1=O. The van der Waals surface area contributed by atoms with Crippen LogP contribution in [0.3, 0.4) is 0 Å². The molecule has 0 atom stereocenters. The second kappa shape index (κ2) is 8.67. The Balaban J connectivity index is 1.59. The van der Waals surface area contributed by atoms with Crippen molar-refractivity contribution in [3.63, 3.8) is 0 Å². The number of aromatic nitrogens is 5. The van der Waals surface area contributed by atoms with Crippen molar-refractivity contribution in [1.82, 2.24) is 24.5 Å². The number of para-hydroxylation sites is 2. The first kappa shape index (κ1) is 20.1. The summed E-state index contributed by atoms with van der Waals surface area (Å²) in [6, 6.07) is 9.29. The lowest BCUT2D eigenvalue weighted by Gasteiger charge is -2.11. The van der Waals surface area contributed by atoms with Crippen LogP contribution in [0, 0.1) is 0 Å².